The molecule has 0 fully saturated rings. The largest absolute Gasteiger partial charge is 0.477 e. The van der Waals surface area contributed by atoms with Gasteiger partial charge < -0.3 is 10.1 Å². The lowest BCUT2D eigenvalue weighted by atomic mass is 10.0. The molecule has 1 aromatic heterocycles. The van der Waals surface area contributed by atoms with E-state index in [4.69, 9.17) is 4.74 Å². The molecule has 0 aliphatic carbocycles. The number of nitrogens with one attached hydrogen (secondary N) is 1. The second-order valence-corrected chi connectivity index (χ2v) is 5.67. The van der Waals surface area contributed by atoms with Crippen molar-refractivity contribution in [3.05, 3.63) is 23.4 Å². The molecular formula is C18H32N2O. The predicted octanol–water partition coefficient (Wildman–Crippen LogP) is 4.35. The molecule has 3 heteroatoms. The van der Waals surface area contributed by atoms with Crippen molar-refractivity contribution >= 4 is 0 Å². The van der Waals surface area contributed by atoms with Gasteiger partial charge in [0.25, 0.3) is 0 Å². The molecular weight excluding hydrogens is 260 g/mol. The molecule has 0 spiro atoms. The average Bonchev–Trinajstić information content (AvgIpc) is 2.52. The first-order valence-corrected chi connectivity index (χ1v) is 8.56. The zero-order valence-electron chi connectivity index (χ0n) is 14.2. The average molecular weight is 292 g/mol. The van der Waals surface area contributed by atoms with Gasteiger partial charge in [-0.3, -0.25) is 0 Å². The van der Waals surface area contributed by atoms with Crippen molar-refractivity contribution in [3.8, 4) is 5.88 Å². The van der Waals surface area contributed by atoms with E-state index in [1.165, 1.54) is 31.2 Å². The fraction of sp³-hybridized carbons (Fsp3) is 0.722. The van der Waals surface area contributed by atoms with Crippen LogP contribution in [0.5, 0.6) is 5.88 Å². The summed E-state index contributed by atoms with van der Waals surface area (Å²) in [6, 6.07) is 4.25. The number of ether oxygens (including phenoxy) is 1. The molecule has 0 saturated heterocycles. The summed E-state index contributed by atoms with van der Waals surface area (Å²) >= 11 is 0. The lowest BCUT2D eigenvalue weighted by molar-refractivity contribution is 0.225. The van der Waals surface area contributed by atoms with E-state index >= 15 is 0 Å². The number of hydrogen-bond acceptors (Lipinski definition) is 3. The van der Waals surface area contributed by atoms with E-state index < -0.39 is 0 Å². The molecule has 1 atom stereocenters. The molecule has 0 aliphatic rings. The van der Waals surface area contributed by atoms with E-state index in [0.29, 0.717) is 5.92 Å². The Hall–Kier alpha value is -1.09. The van der Waals surface area contributed by atoms with E-state index in [-0.39, 0.29) is 0 Å². The predicted molar refractivity (Wildman–Crippen MR) is 89.8 cm³/mol. The molecule has 21 heavy (non-hydrogen) atoms. The van der Waals surface area contributed by atoms with E-state index in [1.807, 2.05) is 0 Å². The molecule has 0 aliphatic heterocycles. The van der Waals surface area contributed by atoms with Gasteiger partial charge in [0.15, 0.2) is 0 Å². The molecule has 3 nitrogen and oxygen atoms in total. The third kappa shape index (κ3) is 6.94. The molecule has 1 unspecified atom stereocenters. The number of hydrogen-bond donors (Lipinski definition) is 1. The van der Waals surface area contributed by atoms with Gasteiger partial charge in [-0.2, -0.15) is 0 Å². The van der Waals surface area contributed by atoms with Crippen molar-refractivity contribution < 1.29 is 4.74 Å². The standard InChI is InChI=1S/C18H32N2O/c1-5-9-10-15(6-2)14-21-18-12-16(13-19-8-4)11-17(7-3)20-18/h11-12,15,19H,5-10,13-14H2,1-4H3. The molecule has 0 amide bonds. The Bertz CT molecular complexity index is 393. The smallest absolute Gasteiger partial charge is 0.213 e. The van der Waals surface area contributed by atoms with Gasteiger partial charge in [-0.1, -0.05) is 47.0 Å². The maximum absolute atomic E-state index is 5.98. The lowest BCUT2D eigenvalue weighted by Crippen LogP contribution is -2.14. The first kappa shape index (κ1) is 18.0. The fourth-order valence-corrected chi connectivity index (χ4v) is 2.35. The topological polar surface area (TPSA) is 34.1 Å². The van der Waals surface area contributed by atoms with Crippen molar-refractivity contribution in [2.75, 3.05) is 13.2 Å². The van der Waals surface area contributed by atoms with Crippen LogP contribution in [0.3, 0.4) is 0 Å². The first-order chi connectivity index (χ1) is 10.2. The Morgan fingerprint density at radius 2 is 2.00 bits per heavy atom. The van der Waals surface area contributed by atoms with E-state index in [2.05, 4.69) is 50.1 Å². The third-order valence-corrected chi connectivity index (χ3v) is 3.87. The molecule has 0 bridgehead atoms. The summed E-state index contributed by atoms with van der Waals surface area (Å²) in [5, 5.41) is 3.36. The normalized spacial score (nSPS) is 12.4. The second-order valence-electron chi connectivity index (χ2n) is 5.67. The summed E-state index contributed by atoms with van der Waals surface area (Å²) in [6.07, 6.45) is 5.93. The summed E-state index contributed by atoms with van der Waals surface area (Å²) in [5.41, 5.74) is 2.38. The quantitative estimate of drug-likeness (QED) is 0.658. The Kier molecular flexibility index (Phi) is 9.07. The van der Waals surface area contributed by atoms with Crippen LogP contribution in [0, 0.1) is 5.92 Å². The minimum Gasteiger partial charge on any atom is -0.477 e. The highest BCUT2D eigenvalue weighted by Crippen LogP contribution is 2.17. The highest BCUT2D eigenvalue weighted by Gasteiger charge is 2.09. The zero-order chi connectivity index (χ0) is 15.5. The Morgan fingerprint density at radius 3 is 2.62 bits per heavy atom. The summed E-state index contributed by atoms with van der Waals surface area (Å²) in [6.45, 7) is 11.4. The number of rotatable bonds is 11. The van der Waals surface area contributed by atoms with Crippen LogP contribution >= 0.6 is 0 Å². The number of pyridine rings is 1. The molecule has 1 rings (SSSR count). The number of aryl methyl sites for hydroxylation is 1. The first-order valence-electron chi connectivity index (χ1n) is 8.56. The van der Waals surface area contributed by atoms with Crippen molar-refractivity contribution in [1.82, 2.24) is 10.3 Å². The van der Waals surface area contributed by atoms with Crippen molar-refractivity contribution in [1.29, 1.82) is 0 Å². The van der Waals surface area contributed by atoms with Crippen molar-refractivity contribution in [2.45, 2.75) is 66.3 Å². The summed E-state index contributed by atoms with van der Waals surface area (Å²) < 4.78 is 5.98. The summed E-state index contributed by atoms with van der Waals surface area (Å²) in [4.78, 5) is 4.60. The van der Waals surface area contributed by atoms with Gasteiger partial charge in [0.2, 0.25) is 5.88 Å². The van der Waals surface area contributed by atoms with Crippen LogP contribution in [0.15, 0.2) is 12.1 Å². The van der Waals surface area contributed by atoms with Crippen LogP contribution in [0.4, 0.5) is 0 Å². The van der Waals surface area contributed by atoms with Crippen LogP contribution in [-0.2, 0) is 13.0 Å². The minimum absolute atomic E-state index is 0.647. The maximum atomic E-state index is 5.98. The van der Waals surface area contributed by atoms with Crippen LogP contribution in [0.2, 0.25) is 0 Å². The molecule has 1 N–H and O–H groups in total. The van der Waals surface area contributed by atoms with Gasteiger partial charge >= 0.3 is 0 Å². The fourth-order valence-electron chi connectivity index (χ4n) is 2.35. The highest BCUT2D eigenvalue weighted by molar-refractivity contribution is 5.25. The molecule has 1 aromatic rings. The Morgan fingerprint density at radius 1 is 1.19 bits per heavy atom. The zero-order valence-corrected chi connectivity index (χ0v) is 14.2. The molecule has 0 radical (unpaired) electrons. The number of unbranched alkanes of at least 4 members (excludes halogenated alkanes) is 1. The van der Waals surface area contributed by atoms with E-state index in [1.54, 1.807) is 0 Å². The van der Waals surface area contributed by atoms with Gasteiger partial charge in [-0.25, -0.2) is 4.98 Å². The monoisotopic (exact) mass is 292 g/mol. The van der Waals surface area contributed by atoms with Crippen LogP contribution in [0.25, 0.3) is 0 Å². The number of nitrogens with zero attached hydrogens (tertiary/aromatic N) is 1. The van der Waals surface area contributed by atoms with Gasteiger partial charge in [-0.15, -0.1) is 0 Å². The van der Waals surface area contributed by atoms with E-state index in [9.17, 15) is 0 Å². The van der Waals surface area contributed by atoms with E-state index in [0.717, 1.165) is 37.7 Å². The second kappa shape index (κ2) is 10.6. The number of aromatic nitrogens is 1. The molecule has 120 valence electrons. The summed E-state index contributed by atoms with van der Waals surface area (Å²) in [7, 11) is 0. The van der Waals surface area contributed by atoms with Crippen molar-refractivity contribution in [3.63, 3.8) is 0 Å². The van der Waals surface area contributed by atoms with Crippen LogP contribution in [-0.4, -0.2) is 18.1 Å². The minimum atomic E-state index is 0.647. The highest BCUT2D eigenvalue weighted by atomic mass is 16.5. The lowest BCUT2D eigenvalue weighted by Gasteiger charge is -2.16. The van der Waals surface area contributed by atoms with Crippen LogP contribution in [0.1, 0.15) is 64.6 Å². The van der Waals surface area contributed by atoms with Gasteiger partial charge in [0, 0.05) is 18.3 Å². The Balaban J connectivity index is 2.63. The molecule has 1 heterocycles. The molecule has 0 aromatic carbocycles. The van der Waals surface area contributed by atoms with Gasteiger partial charge in [0.05, 0.1) is 6.61 Å². The maximum Gasteiger partial charge on any atom is 0.213 e. The van der Waals surface area contributed by atoms with Crippen molar-refractivity contribution in [2.24, 2.45) is 5.92 Å². The summed E-state index contributed by atoms with van der Waals surface area (Å²) in [5.74, 6) is 1.44. The van der Waals surface area contributed by atoms with Gasteiger partial charge in [-0.05, 0) is 36.9 Å². The third-order valence-electron chi connectivity index (χ3n) is 3.87. The molecule has 0 saturated carbocycles. The van der Waals surface area contributed by atoms with Gasteiger partial charge in [0.1, 0.15) is 0 Å². The van der Waals surface area contributed by atoms with Crippen LogP contribution < -0.4 is 10.1 Å². The SMILES string of the molecule is CCCCC(CC)COc1cc(CNCC)cc(CC)n1. The Labute approximate surface area is 130 Å².